The van der Waals surface area contributed by atoms with Crippen molar-refractivity contribution >= 4 is 0 Å². The zero-order valence-corrected chi connectivity index (χ0v) is 16.9. The van der Waals surface area contributed by atoms with Gasteiger partial charge in [-0.25, -0.2) is 0 Å². The van der Waals surface area contributed by atoms with E-state index in [4.69, 9.17) is 5.11 Å². The second kappa shape index (κ2) is 17.5. The molecule has 0 spiro atoms. The third-order valence-electron chi connectivity index (χ3n) is 5.32. The lowest BCUT2D eigenvalue weighted by atomic mass is 10.0. The summed E-state index contributed by atoms with van der Waals surface area (Å²) < 4.78 is 0. The number of rotatable bonds is 18. The van der Waals surface area contributed by atoms with Crippen LogP contribution in [-0.2, 0) is 0 Å². The minimum atomic E-state index is -0.286. The van der Waals surface area contributed by atoms with Crippen molar-refractivity contribution in [3.8, 4) is 0 Å². The number of hydrogen-bond acceptors (Lipinski definition) is 2. The van der Waals surface area contributed by atoms with Crippen LogP contribution in [0.2, 0.25) is 0 Å². The summed E-state index contributed by atoms with van der Waals surface area (Å²) in [5, 5.41) is 18.9. The Morgan fingerprint density at radius 3 is 1.35 bits per heavy atom. The van der Waals surface area contributed by atoms with E-state index >= 15 is 0 Å². The molecular weight excluding hydrogens is 320 g/mol. The molecule has 0 radical (unpaired) electrons. The summed E-state index contributed by atoms with van der Waals surface area (Å²) in [4.78, 5) is 0. The monoisotopic (exact) mass is 362 g/mol. The first-order chi connectivity index (χ1) is 12.8. The standard InChI is InChI=1S/C24H42O2/c25-22-18-13-11-9-7-5-3-1-2-4-6-8-10-12-17-21-24(26)23-19-15-14-16-20-23/h14-16,19-20,24-26H,1-13,17-18,21-22H2. The number of aliphatic hydroxyl groups is 2. The third-order valence-corrected chi connectivity index (χ3v) is 5.32. The molecule has 1 unspecified atom stereocenters. The summed E-state index contributed by atoms with van der Waals surface area (Å²) >= 11 is 0. The molecule has 1 rings (SSSR count). The van der Waals surface area contributed by atoms with E-state index in [0.717, 1.165) is 24.8 Å². The Balaban J connectivity index is 1.76. The second-order valence-corrected chi connectivity index (χ2v) is 7.74. The molecule has 0 saturated heterocycles. The van der Waals surface area contributed by atoms with Gasteiger partial charge in [-0.2, -0.15) is 0 Å². The number of unbranched alkanes of at least 4 members (excludes halogenated alkanes) is 14. The second-order valence-electron chi connectivity index (χ2n) is 7.74. The topological polar surface area (TPSA) is 40.5 Å². The van der Waals surface area contributed by atoms with Crippen LogP contribution in [0.25, 0.3) is 0 Å². The first-order valence-corrected chi connectivity index (χ1v) is 11.2. The Labute approximate surface area is 162 Å². The number of benzene rings is 1. The molecule has 26 heavy (non-hydrogen) atoms. The maximum Gasteiger partial charge on any atom is 0.0790 e. The Bertz CT molecular complexity index is 390. The molecule has 2 N–H and O–H groups in total. The minimum Gasteiger partial charge on any atom is -0.396 e. The van der Waals surface area contributed by atoms with Gasteiger partial charge in [-0.1, -0.05) is 120 Å². The third kappa shape index (κ3) is 13.4. The highest BCUT2D eigenvalue weighted by Gasteiger charge is 2.05. The molecule has 0 bridgehead atoms. The summed E-state index contributed by atoms with van der Waals surface area (Å²) in [7, 11) is 0. The molecular formula is C24H42O2. The van der Waals surface area contributed by atoms with Crippen molar-refractivity contribution in [2.24, 2.45) is 0 Å². The number of aliphatic hydroxyl groups excluding tert-OH is 2. The van der Waals surface area contributed by atoms with Gasteiger partial charge < -0.3 is 10.2 Å². The van der Waals surface area contributed by atoms with Crippen molar-refractivity contribution in [1.82, 2.24) is 0 Å². The molecule has 150 valence electrons. The SMILES string of the molecule is OCCCCCCCCCCCCCCCCCC(O)c1ccccc1. The van der Waals surface area contributed by atoms with Gasteiger partial charge in [0.1, 0.15) is 0 Å². The predicted molar refractivity (Wildman–Crippen MR) is 112 cm³/mol. The fraction of sp³-hybridized carbons (Fsp3) is 0.750. The lowest BCUT2D eigenvalue weighted by Crippen LogP contribution is -1.96. The summed E-state index contributed by atoms with van der Waals surface area (Å²) in [6, 6.07) is 10.0. The first kappa shape index (κ1) is 23.2. The lowest BCUT2D eigenvalue weighted by Gasteiger charge is -2.10. The van der Waals surface area contributed by atoms with E-state index in [1.54, 1.807) is 0 Å². The van der Waals surface area contributed by atoms with Gasteiger partial charge in [-0.3, -0.25) is 0 Å². The first-order valence-electron chi connectivity index (χ1n) is 11.2. The highest BCUT2D eigenvalue weighted by molar-refractivity contribution is 5.16. The van der Waals surface area contributed by atoms with Crippen LogP contribution in [-0.4, -0.2) is 16.8 Å². The Morgan fingerprint density at radius 1 is 0.538 bits per heavy atom. The van der Waals surface area contributed by atoms with Crippen LogP contribution >= 0.6 is 0 Å². The normalized spacial score (nSPS) is 12.4. The van der Waals surface area contributed by atoms with E-state index in [1.807, 2.05) is 30.3 Å². The van der Waals surface area contributed by atoms with E-state index in [0.29, 0.717) is 6.61 Å². The van der Waals surface area contributed by atoms with Crippen molar-refractivity contribution in [3.63, 3.8) is 0 Å². The maximum atomic E-state index is 10.1. The van der Waals surface area contributed by atoms with Crippen LogP contribution in [0.3, 0.4) is 0 Å². The van der Waals surface area contributed by atoms with Crippen LogP contribution in [0.1, 0.15) is 114 Å². The molecule has 1 aromatic rings. The van der Waals surface area contributed by atoms with Crippen LogP contribution < -0.4 is 0 Å². The lowest BCUT2D eigenvalue weighted by molar-refractivity contribution is 0.163. The van der Waals surface area contributed by atoms with Gasteiger partial charge in [0.05, 0.1) is 6.10 Å². The van der Waals surface area contributed by atoms with Gasteiger partial charge in [0.25, 0.3) is 0 Å². The molecule has 1 atom stereocenters. The van der Waals surface area contributed by atoms with Crippen LogP contribution in [0.4, 0.5) is 0 Å². The van der Waals surface area contributed by atoms with E-state index in [-0.39, 0.29) is 6.10 Å². The van der Waals surface area contributed by atoms with Gasteiger partial charge in [-0.05, 0) is 18.4 Å². The highest BCUT2D eigenvalue weighted by Crippen LogP contribution is 2.20. The predicted octanol–water partition coefficient (Wildman–Crippen LogP) is 6.95. The van der Waals surface area contributed by atoms with Gasteiger partial charge in [0, 0.05) is 6.61 Å². The van der Waals surface area contributed by atoms with E-state index < -0.39 is 0 Å². The van der Waals surface area contributed by atoms with E-state index in [1.165, 1.54) is 83.5 Å². The molecule has 0 saturated carbocycles. The van der Waals surface area contributed by atoms with Crippen molar-refractivity contribution in [1.29, 1.82) is 0 Å². The minimum absolute atomic E-state index is 0.286. The fourth-order valence-corrected chi connectivity index (χ4v) is 3.59. The average Bonchev–Trinajstić information content (AvgIpc) is 2.68. The largest absolute Gasteiger partial charge is 0.396 e. The summed E-state index contributed by atoms with van der Waals surface area (Å²) in [5.41, 5.74) is 1.05. The quantitative estimate of drug-likeness (QED) is 0.277. The Kier molecular flexibility index (Phi) is 15.6. The summed E-state index contributed by atoms with van der Waals surface area (Å²) in [5.74, 6) is 0. The molecule has 0 aromatic heterocycles. The van der Waals surface area contributed by atoms with Crippen LogP contribution in [0.5, 0.6) is 0 Å². The van der Waals surface area contributed by atoms with Crippen molar-refractivity contribution < 1.29 is 10.2 Å². The summed E-state index contributed by atoms with van der Waals surface area (Å²) in [6.07, 6.45) is 20.2. The molecule has 0 heterocycles. The fourth-order valence-electron chi connectivity index (χ4n) is 3.59. The van der Waals surface area contributed by atoms with Crippen molar-refractivity contribution in [2.45, 2.75) is 109 Å². The molecule has 1 aromatic carbocycles. The van der Waals surface area contributed by atoms with E-state index in [2.05, 4.69) is 0 Å². The molecule has 0 fully saturated rings. The highest BCUT2D eigenvalue weighted by atomic mass is 16.3. The smallest absolute Gasteiger partial charge is 0.0790 e. The maximum absolute atomic E-state index is 10.1. The van der Waals surface area contributed by atoms with E-state index in [9.17, 15) is 5.11 Å². The zero-order chi connectivity index (χ0) is 18.7. The molecule has 0 aliphatic heterocycles. The molecule has 2 nitrogen and oxygen atoms in total. The van der Waals surface area contributed by atoms with Crippen molar-refractivity contribution in [2.75, 3.05) is 6.61 Å². The molecule has 0 aliphatic carbocycles. The van der Waals surface area contributed by atoms with Gasteiger partial charge >= 0.3 is 0 Å². The van der Waals surface area contributed by atoms with Crippen LogP contribution in [0, 0.1) is 0 Å². The average molecular weight is 363 g/mol. The van der Waals surface area contributed by atoms with Crippen molar-refractivity contribution in [3.05, 3.63) is 35.9 Å². The van der Waals surface area contributed by atoms with Gasteiger partial charge in [0.2, 0.25) is 0 Å². The van der Waals surface area contributed by atoms with Gasteiger partial charge in [0.15, 0.2) is 0 Å². The Hall–Kier alpha value is -0.860. The Morgan fingerprint density at radius 2 is 0.923 bits per heavy atom. The van der Waals surface area contributed by atoms with Gasteiger partial charge in [-0.15, -0.1) is 0 Å². The zero-order valence-electron chi connectivity index (χ0n) is 16.9. The summed E-state index contributed by atoms with van der Waals surface area (Å²) in [6.45, 7) is 0.357. The molecule has 0 amide bonds. The molecule has 0 aliphatic rings. The molecule has 2 heteroatoms. The number of hydrogen-bond donors (Lipinski definition) is 2. The van der Waals surface area contributed by atoms with Crippen LogP contribution in [0.15, 0.2) is 30.3 Å².